The van der Waals surface area contributed by atoms with Gasteiger partial charge in [-0.1, -0.05) is 158 Å². The van der Waals surface area contributed by atoms with Crippen molar-refractivity contribution in [3.8, 4) is 79.1 Å². The molecule has 330 valence electrons. The largest absolute Gasteiger partial charge is 0.309 e. The minimum Gasteiger partial charge on any atom is -0.309 e. The van der Waals surface area contributed by atoms with E-state index in [0.29, 0.717) is 22.3 Å². The molecule has 0 saturated carbocycles. The lowest BCUT2D eigenvalue weighted by Gasteiger charge is -2.15. The molecule has 0 amide bonds. The number of nitriles is 2. The minimum absolute atomic E-state index is 0.490. The van der Waals surface area contributed by atoms with Crippen molar-refractivity contribution in [2.75, 3.05) is 0 Å². The first-order valence-corrected chi connectivity index (χ1v) is 23.8. The smallest absolute Gasteiger partial charge is 0.0998 e. The van der Waals surface area contributed by atoms with Crippen LogP contribution in [-0.2, 0) is 0 Å². The van der Waals surface area contributed by atoms with Crippen molar-refractivity contribution < 1.29 is 0 Å². The van der Waals surface area contributed by atoms with Crippen LogP contribution in [0.3, 0.4) is 0 Å². The Morgan fingerprint density at radius 1 is 0.286 bits per heavy atom. The van der Waals surface area contributed by atoms with E-state index in [1.807, 2.05) is 24.3 Å². The van der Waals surface area contributed by atoms with Crippen LogP contribution < -0.4 is 0 Å². The summed E-state index contributed by atoms with van der Waals surface area (Å²) in [7, 11) is 0. The third kappa shape index (κ3) is 6.89. The van der Waals surface area contributed by atoms with Crippen molar-refractivity contribution in [2.24, 2.45) is 0 Å². The molecule has 0 spiro atoms. The van der Waals surface area contributed by atoms with E-state index in [2.05, 4.69) is 231 Å². The summed E-state index contributed by atoms with van der Waals surface area (Å²) in [6.45, 7) is 8.60. The summed E-state index contributed by atoms with van der Waals surface area (Å²) < 4.78 is 4.59. The molecule has 4 nitrogen and oxygen atoms in total. The van der Waals surface area contributed by atoms with Gasteiger partial charge in [-0.15, -0.1) is 0 Å². The van der Waals surface area contributed by atoms with Crippen molar-refractivity contribution >= 4 is 43.6 Å². The molecule has 0 atom stereocenters. The van der Waals surface area contributed by atoms with Crippen LogP contribution in [0.5, 0.6) is 0 Å². The number of hydrogen-bond donors (Lipinski definition) is 0. The maximum absolute atomic E-state index is 11.0. The fourth-order valence-corrected chi connectivity index (χ4v) is 10.8. The molecule has 10 aromatic carbocycles. The molecular weight excluding hydrogens is 849 g/mol. The molecule has 0 fully saturated rings. The van der Waals surface area contributed by atoms with Crippen LogP contribution in [0.1, 0.15) is 33.4 Å². The molecular formula is C66H46N4. The van der Waals surface area contributed by atoms with E-state index in [-0.39, 0.29) is 0 Å². The molecule has 0 saturated heterocycles. The fourth-order valence-electron chi connectivity index (χ4n) is 10.8. The van der Waals surface area contributed by atoms with Gasteiger partial charge in [-0.3, -0.25) is 0 Å². The van der Waals surface area contributed by atoms with E-state index in [1.165, 1.54) is 44.5 Å². The molecule has 2 heterocycles. The molecule has 0 aliphatic carbocycles. The Hall–Kier alpha value is -9.22. The SMILES string of the molecule is Cc1ccccc1-c1ccc2c3ccc(-c4ccccc4C)cc3n(-c3ccc(-c4ccc(-n5c6cc(-c7ccccc7C)ccc6c6ccc(-c7ccccc7C)cc65)cc4C#N)c(C#N)c3)c2c1. The maximum Gasteiger partial charge on any atom is 0.0998 e. The summed E-state index contributed by atoms with van der Waals surface area (Å²) in [5, 5.41) is 26.6. The summed E-state index contributed by atoms with van der Waals surface area (Å²) in [6, 6.07) is 78.1. The van der Waals surface area contributed by atoms with E-state index < -0.39 is 0 Å². The van der Waals surface area contributed by atoms with E-state index in [9.17, 15) is 10.5 Å². The fraction of sp³-hybridized carbons (Fsp3) is 0.0606. The Bertz CT molecular complexity index is 3720. The number of aryl methyl sites for hydroxylation is 4. The predicted molar refractivity (Wildman–Crippen MR) is 291 cm³/mol. The number of hydrogen-bond acceptors (Lipinski definition) is 2. The average molecular weight is 895 g/mol. The third-order valence-corrected chi connectivity index (χ3v) is 14.4. The normalized spacial score (nSPS) is 11.4. The van der Waals surface area contributed by atoms with Crippen molar-refractivity contribution in [2.45, 2.75) is 27.7 Å². The van der Waals surface area contributed by atoms with Gasteiger partial charge in [-0.25, -0.2) is 0 Å². The zero-order chi connectivity index (χ0) is 47.6. The maximum atomic E-state index is 11.0. The van der Waals surface area contributed by atoms with E-state index in [4.69, 9.17) is 0 Å². The molecule has 0 bridgehead atoms. The molecule has 0 N–H and O–H groups in total. The second-order valence-corrected chi connectivity index (χ2v) is 18.5. The zero-order valence-corrected chi connectivity index (χ0v) is 39.4. The minimum atomic E-state index is 0.490. The highest BCUT2D eigenvalue weighted by Gasteiger charge is 2.21. The van der Waals surface area contributed by atoms with Gasteiger partial charge < -0.3 is 9.13 Å². The van der Waals surface area contributed by atoms with E-state index in [1.54, 1.807) is 0 Å². The molecule has 12 rings (SSSR count). The molecule has 0 unspecified atom stereocenters. The van der Waals surface area contributed by atoms with Crippen molar-refractivity contribution in [3.63, 3.8) is 0 Å². The van der Waals surface area contributed by atoms with Crippen LogP contribution in [0.4, 0.5) is 0 Å². The first kappa shape index (κ1) is 42.2. The van der Waals surface area contributed by atoms with Crippen molar-refractivity contribution in [1.82, 2.24) is 9.13 Å². The number of fused-ring (bicyclic) bond motifs is 6. The lowest BCUT2D eigenvalue weighted by atomic mass is 9.95. The lowest BCUT2D eigenvalue weighted by molar-refractivity contribution is 1.17. The molecule has 12 aromatic rings. The Labute approximate surface area is 407 Å². The van der Waals surface area contributed by atoms with Gasteiger partial charge in [-0.2, -0.15) is 10.5 Å². The summed E-state index contributed by atoms with van der Waals surface area (Å²) in [5.74, 6) is 0. The zero-order valence-electron chi connectivity index (χ0n) is 39.4. The van der Waals surface area contributed by atoms with Crippen LogP contribution in [0, 0.1) is 50.4 Å². The highest BCUT2D eigenvalue weighted by molar-refractivity contribution is 6.12. The first-order valence-electron chi connectivity index (χ1n) is 23.8. The van der Waals surface area contributed by atoms with Crippen molar-refractivity contribution in [3.05, 3.63) is 240 Å². The van der Waals surface area contributed by atoms with Gasteiger partial charge in [0.05, 0.1) is 45.3 Å². The topological polar surface area (TPSA) is 57.4 Å². The summed E-state index contributed by atoms with van der Waals surface area (Å²) >= 11 is 0. The quantitative estimate of drug-likeness (QED) is 0.160. The van der Waals surface area contributed by atoms with Crippen LogP contribution in [0.25, 0.3) is 111 Å². The van der Waals surface area contributed by atoms with Gasteiger partial charge >= 0.3 is 0 Å². The number of benzene rings is 10. The van der Waals surface area contributed by atoms with Crippen LogP contribution in [0.15, 0.2) is 206 Å². The predicted octanol–water partition coefficient (Wildman–Crippen LogP) is 17.2. The first-order chi connectivity index (χ1) is 34.3. The molecule has 4 heteroatoms. The Kier molecular flexibility index (Phi) is 10.1. The Morgan fingerprint density at radius 2 is 0.557 bits per heavy atom. The Balaban J connectivity index is 1.03. The van der Waals surface area contributed by atoms with Gasteiger partial charge in [0.25, 0.3) is 0 Å². The number of rotatable bonds is 7. The van der Waals surface area contributed by atoms with E-state index in [0.717, 1.165) is 77.2 Å². The monoisotopic (exact) mass is 894 g/mol. The van der Waals surface area contributed by atoms with Gasteiger partial charge in [0.15, 0.2) is 0 Å². The standard InChI is InChI=1S/C66H46N4/c1-41-13-5-9-17-53(41)45-21-27-59-60-28-22-46(54-18-10-6-14-42(54)2)36-64(60)69(63(59)35-45)51-25-31-57(49(33-51)39-67)58-32-26-52(34-50(58)40-68)70-65-37-47(55-19-11-7-15-43(55)3)23-29-61(65)62-30-24-48(38-66(62)70)56-20-12-8-16-44(56)4/h5-38H,1-4H3. The highest BCUT2D eigenvalue weighted by Crippen LogP contribution is 2.42. The summed E-state index contributed by atoms with van der Waals surface area (Å²) in [4.78, 5) is 0. The van der Waals surface area contributed by atoms with Crippen LogP contribution in [-0.4, -0.2) is 9.13 Å². The van der Waals surface area contributed by atoms with Crippen LogP contribution >= 0.6 is 0 Å². The molecule has 0 radical (unpaired) electrons. The van der Waals surface area contributed by atoms with Crippen LogP contribution in [0.2, 0.25) is 0 Å². The second-order valence-electron chi connectivity index (χ2n) is 18.5. The van der Waals surface area contributed by atoms with Crippen molar-refractivity contribution in [1.29, 1.82) is 10.5 Å². The number of nitrogens with zero attached hydrogens (tertiary/aromatic N) is 4. The molecule has 70 heavy (non-hydrogen) atoms. The Morgan fingerprint density at radius 3 is 0.814 bits per heavy atom. The van der Waals surface area contributed by atoms with Gasteiger partial charge in [-0.05, 0) is 143 Å². The average Bonchev–Trinajstić information content (AvgIpc) is 3.90. The molecule has 0 aliphatic rings. The second kappa shape index (κ2) is 16.8. The molecule has 2 aromatic heterocycles. The van der Waals surface area contributed by atoms with Gasteiger partial charge in [0.2, 0.25) is 0 Å². The highest BCUT2D eigenvalue weighted by atomic mass is 15.0. The third-order valence-electron chi connectivity index (χ3n) is 14.4. The number of aromatic nitrogens is 2. The summed E-state index contributed by atoms with van der Waals surface area (Å²) in [5.41, 5.74) is 22.4. The lowest BCUT2D eigenvalue weighted by Crippen LogP contribution is -1.99. The summed E-state index contributed by atoms with van der Waals surface area (Å²) in [6.07, 6.45) is 0. The van der Waals surface area contributed by atoms with E-state index >= 15 is 0 Å². The molecule has 0 aliphatic heterocycles. The van der Waals surface area contributed by atoms with Gasteiger partial charge in [0, 0.05) is 44.0 Å². The van der Waals surface area contributed by atoms with Gasteiger partial charge in [0.1, 0.15) is 0 Å².